The van der Waals surface area contributed by atoms with Crippen LogP contribution in [0.15, 0.2) is 0 Å². The third-order valence-corrected chi connectivity index (χ3v) is 4.04. The molecule has 2 unspecified atom stereocenters. The van der Waals surface area contributed by atoms with E-state index in [0.717, 1.165) is 32.6 Å². The van der Waals surface area contributed by atoms with Crippen molar-refractivity contribution in [1.82, 2.24) is 15.1 Å². The van der Waals surface area contributed by atoms with Crippen LogP contribution in [0.25, 0.3) is 0 Å². The maximum Gasteiger partial charge on any atom is 0.239 e. The molecule has 2 aliphatic rings. The highest BCUT2D eigenvalue weighted by Gasteiger charge is 2.33. The Bertz CT molecular complexity index is 269. The van der Waals surface area contributed by atoms with Crippen LogP contribution in [0.4, 0.5) is 0 Å². The minimum absolute atomic E-state index is 0.0867. The Morgan fingerprint density at radius 2 is 2.12 bits per heavy atom. The molecule has 0 aromatic heterocycles. The smallest absolute Gasteiger partial charge is 0.239 e. The summed E-state index contributed by atoms with van der Waals surface area (Å²) in [6, 6.07) is 0.0867. The average Bonchev–Trinajstić information content (AvgIpc) is 2.91. The molecule has 0 saturated carbocycles. The lowest BCUT2D eigenvalue weighted by Gasteiger charge is -2.21. The SMILES string of the molecule is CCNC1CCN(CC2CCN(CC)C2)C1=O. The number of rotatable bonds is 5. The first-order chi connectivity index (χ1) is 8.24. The minimum atomic E-state index is 0.0867. The summed E-state index contributed by atoms with van der Waals surface area (Å²) in [7, 11) is 0. The van der Waals surface area contributed by atoms with Gasteiger partial charge in [-0.3, -0.25) is 4.79 Å². The molecule has 0 aromatic rings. The molecule has 2 fully saturated rings. The Balaban J connectivity index is 1.79. The zero-order valence-electron chi connectivity index (χ0n) is 11.1. The van der Waals surface area contributed by atoms with Crippen molar-refractivity contribution in [3.05, 3.63) is 0 Å². The lowest BCUT2D eigenvalue weighted by atomic mass is 10.1. The zero-order valence-corrected chi connectivity index (χ0v) is 11.1. The first kappa shape index (κ1) is 12.8. The molecule has 17 heavy (non-hydrogen) atoms. The van der Waals surface area contributed by atoms with Crippen molar-refractivity contribution < 1.29 is 4.79 Å². The molecule has 2 heterocycles. The van der Waals surface area contributed by atoms with Crippen molar-refractivity contribution in [3.63, 3.8) is 0 Å². The Hall–Kier alpha value is -0.610. The zero-order chi connectivity index (χ0) is 12.3. The summed E-state index contributed by atoms with van der Waals surface area (Å²) in [5.41, 5.74) is 0. The Morgan fingerprint density at radius 3 is 2.76 bits per heavy atom. The molecule has 2 atom stereocenters. The van der Waals surface area contributed by atoms with Gasteiger partial charge in [-0.1, -0.05) is 13.8 Å². The number of likely N-dealkylation sites (N-methyl/N-ethyl adjacent to an activating group) is 1. The van der Waals surface area contributed by atoms with Crippen LogP contribution in [-0.4, -0.2) is 61.0 Å². The second kappa shape index (κ2) is 5.83. The Kier molecular flexibility index (Phi) is 4.40. The van der Waals surface area contributed by atoms with E-state index in [9.17, 15) is 4.79 Å². The van der Waals surface area contributed by atoms with Gasteiger partial charge < -0.3 is 15.1 Å². The van der Waals surface area contributed by atoms with Gasteiger partial charge >= 0.3 is 0 Å². The van der Waals surface area contributed by atoms with E-state index in [1.807, 2.05) is 0 Å². The summed E-state index contributed by atoms with van der Waals surface area (Å²) in [5, 5.41) is 3.27. The minimum Gasteiger partial charge on any atom is -0.341 e. The van der Waals surface area contributed by atoms with Crippen molar-refractivity contribution in [3.8, 4) is 0 Å². The van der Waals surface area contributed by atoms with Crippen molar-refractivity contribution in [2.24, 2.45) is 5.92 Å². The van der Waals surface area contributed by atoms with Gasteiger partial charge in [-0.05, 0) is 38.4 Å². The van der Waals surface area contributed by atoms with Crippen molar-refractivity contribution >= 4 is 5.91 Å². The number of nitrogens with zero attached hydrogens (tertiary/aromatic N) is 2. The molecule has 0 aromatic carbocycles. The quantitative estimate of drug-likeness (QED) is 0.760. The van der Waals surface area contributed by atoms with Crippen LogP contribution in [0.2, 0.25) is 0 Å². The summed E-state index contributed by atoms with van der Waals surface area (Å²) in [6.45, 7) is 10.6. The van der Waals surface area contributed by atoms with E-state index in [4.69, 9.17) is 0 Å². The number of carbonyl (C=O) groups excluding carboxylic acids is 1. The molecule has 1 amide bonds. The monoisotopic (exact) mass is 239 g/mol. The van der Waals surface area contributed by atoms with Crippen molar-refractivity contribution in [1.29, 1.82) is 0 Å². The molecule has 2 rings (SSSR count). The second-order valence-corrected chi connectivity index (χ2v) is 5.23. The van der Waals surface area contributed by atoms with E-state index in [-0.39, 0.29) is 6.04 Å². The largest absolute Gasteiger partial charge is 0.341 e. The van der Waals surface area contributed by atoms with Gasteiger partial charge in [0.05, 0.1) is 6.04 Å². The highest BCUT2D eigenvalue weighted by molar-refractivity contribution is 5.83. The van der Waals surface area contributed by atoms with E-state index in [2.05, 4.69) is 29.0 Å². The van der Waals surface area contributed by atoms with Crippen LogP contribution in [0, 0.1) is 5.92 Å². The summed E-state index contributed by atoms with van der Waals surface area (Å²) >= 11 is 0. The number of carbonyl (C=O) groups is 1. The maximum atomic E-state index is 12.1. The topological polar surface area (TPSA) is 35.6 Å². The van der Waals surface area contributed by atoms with E-state index < -0.39 is 0 Å². The van der Waals surface area contributed by atoms with E-state index in [1.54, 1.807) is 0 Å². The normalized spacial score (nSPS) is 30.5. The fraction of sp³-hybridized carbons (Fsp3) is 0.923. The molecule has 4 nitrogen and oxygen atoms in total. The lowest BCUT2D eigenvalue weighted by molar-refractivity contribution is -0.129. The van der Waals surface area contributed by atoms with Gasteiger partial charge in [-0.25, -0.2) is 0 Å². The van der Waals surface area contributed by atoms with Crippen LogP contribution in [-0.2, 0) is 4.79 Å². The van der Waals surface area contributed by atoms with Gasteiger partial charge in [0.2, 0.25) is 5.91 Å². The van der Waals surface area contributed by atoms with Crippen molar-refractivity contribution in [2.75, 3.05) is 39.3 Å². The first-order valence-electron chi connectivity index (χ1n) is 6.99. The molecule has 4 heteroatoms. The maximum absolute atomic E-state index is 12.1. The van der Waals surface area contributed by atoms with Gasteiger partial charge in [-0.15, -0.1) is 0 Å². The van der Waals surface area contributed by atoms with Gasteiger partial charge in [0, 0.05) is 19.6 Å². The third kappa shape index (κ3) is 2.99. The molecule has 2 aliphatic heterocycles. The summed E-state index contributed by atoms with van der Waals surface area (Å²) in [4.78, 5) is 16.6. The molecule has 0 aliphatic carbocycles. The van der Waals surface area contributed by atoms with Crippen LogP contribution in [0.1, 0.15) is 26.7 Å². The molecule has 98 valence electrons. The summed E-state index contributed by atoms with van der Waals surface area (Å²) in [6.07, 6.45) is 2.24. The van der Waals surface area contributed by atoms with Gasteiger partial charge in [0.15, 0.2) is 0 Å². The van der Waals surface area contributed by atoms with Gasteiger partial charge in [0.1, 0.15) is 0 Å². The molecule has 1 N–H and O–H groups in total. The number of hydrogen-bond acceptors (Lipinski definition) is 3. The fourth-order valence-electron chi connectivity index (χ4n) is 3.02. The number of likely N-dealkylation sites (tertiary alicyclic amines) is 2. The molecule has 2 saturated heterocycles. The Labute approximate surface area is 104 Å². The Morgan fingerprint density at radius 1 is 1.29 bits per heavy atom. The van der Waals surface area contributed by atoms with Crippen LogP contribution >= 0.6 is 0 Å². The van der Waals surface area contributed by atoms with Crippen LogP contribution < -0.4 is 5.32 Å². The summed E-state index contributed by atoms with van der Waals surface area (Å²) in [5.74, 6) is 1.01. The molecular formula is C13H25N3O. The number of hydrogen-bond donors (Lipinski definition) is 1. The van der Waals surface area contributed by atoms with Gasteiger partial charge in [0.25, 0.3) is 0 Å². The van der Waals surface area contributed by atoms with E-state index in [0.29, 0.717) is 11.8 Å². The second-order valence-electron chi connectivity index (χ2n) is 5.23. The highest BCUT2D eigenvalue weighted by Crippen LogP contribution is 2.20. The van der Waals surface area contributed by atoms with Crippen LogP contribution in [0.5, 0.6) is 0 Å². The molecule has 0 radical (unpaired) electrons. The summed E-state index contributed by atoms with van der Waals surface area (Å²) < 4.78 is 0. The van der Waals surface area contributed by atoms with E-state index in [1.165, 1.54) is 19.5 Å². The fourth-order valence-corrected chi connectivity index (χ4v) is 3.02. The highest BCUT2D eigenvalue weighted by atomic mass is 16.2. The van der Waals surface area contributed by atoms with Crippen LogP contribution in [0.3, 0.4) is 0 Å². The van der Waals surface area contributed by atoms with Gasteiger partial charge in [-0.2, -0.15) is 0 Å². The standard InChI is InChI=1S/C13H25N3O/c1-3-14-12-6-8-16(13(12)17)10-11-5-7-15(4-2)9-11/h11-12,14H,3-10H2,1-2H3. The van der Waals surface area contributed by atoms with E-state index >= 15 is 0 Å². The van der Waals surface area contributed by atoms with Crippen molar-refractivity contribution in [2.45, 2.75) is 32.7 Å². The molecule has 0 bridgehead atoms. The number of amides is 1. The lowest BCUT2D eigenvalue weighted by Crippen LogP contribution is -2.40. The predicted molar refractivity (Wildman–Crippen MR) is 68.9 cm³/mol. The molecular weight excluding hydrogens is 214 g/mol. The third-order valence-electron chi connectivity index (χ3n) is 4.04. The first-order valence-corrected chi connectivity index (χ1v) is 6.99. The number of nitrogens with one attached hydrogen (secondary N) is 1. The average molecular weight is 239 g/mol. The predicted octanol–water partition coefficient (Wildman–Crippen LogP) is 0.539. The molecule has 0 spiro atoms.